The number of hydrazine groups is 1. The highest BCUT2D eigenvalue weighted by molar-refractivity contribution is 5.79. The van der Waals surface area contributed by atoms with Gasteiger partial charge in [0.25, 0.3) is 0 Å². The van der Waals surface area contributed by atoms with Gasteiger partial charge in [0, 0.05) is 19.5 Å². The van der Waals surface area contributed by atoms with Gasteiger partial charge in [-0.25, -0.2) is 29.4 Å². The summed E-state index contributed by atoms with van der Waals surface area (Å²) >= 11 is 0. The van der Waals surface area contributed by atoms with Crippen molar-refractivity contribution in [3.63, 3.8) is 0 Å². The van der Waals surface area contributed by atoms with Gasteiger partial charge in [0.2, 0.25) is 5.91 Å². The fraction of sp³-hybridized carbons (Fsp3) is 0.500. The van der Waals surface area contributed by atoms with Crippen LogP contribution in [0.5, 0.6) is 0 Å². The van der Waals surface area contributed by atoms with E-state index in [0.29, 0.717) is 32.4 Å². The molecule has 0 unspecified atom stereocenters. The fourth-order valence-electron chi connectivity index (χ4n) is 2.61. The average Bonchev–Trinajstić information content (AvgIpc) is 2.65. The molecule has 25 heavy (non-hydrogen) atoms. The zero-order valence-electron chi connectivity index (χ0n) is 14.5. The van der Waals surface area contributed by atoms with Gasteiger partial charge in [-0.2, -0.15) is 0 Å². The molecule has 1 fully saturated rings. The van der Waals surface area contributed by atoms with Crippen LogP contribution in [0.2, 0.25) is 0 Å². The fourth-order valence-corrected chi connectivity index (χ4v) is 2.61. The number of nitrogens with zero attached hydrogens (tertiary/aromatic N) is 2. The van der Waals surface area contributed by atoms with E-state index in [2.05, 4.69) is 9.78 Å². The monoisotopic (exact) mass is 348 g/mol. The van der Waals surface area contributed by atoms with Crippen LogP contribution in [0.25, 0.3) is 0 Å². The molecule has 0 N–H and O–H groups in total. The molecule has 2 rings (SSSR count). The van der Waals surface area contributed by atoms with Gasteiger partial charge in [-0.3, -0.25) is 4.79 Å². The molecule has 0 radical (unpaired) electrons. The molecule has 0 spiro atoms. The van der Waals surface area contributed by atoms with Crippen molar-refractivity contribution < 1.29 is 24.2 Å². The second-order valence-corrected chi connectivity index (χ2v) is 5.89. The van der Waals surface area contributed by atoms with Gasteiger partial charge in [0.15, 0.2) is 0 Å². The van der Waals surface area contributed by atoms with Crippen LogP contribution in [0.1, 0.15) is 44.6 Å². The molecule has 1 aromatic rings. The SMILES string of the molecule is CCCC(=O)N1CCCCN1C(=O)OOC(=O)CCc1ccccc1. The highest BCUT2D eigenvalue weighted by atomic mass is 17.2. The summed E-state index contributed by atoms with van der Waals surface area (Å²) in [5, 5.41) is 2.60. The van der Waals surface area contributed by atoms with E-state index in [-0.39, 0.29) is 12.3 Å². The molecule has 0 aliphatic carbocycles. The van der Waals surface area contributed by atoms with Gasteiger partial charge >= 0.3 is 12.1 Å². The quantitative estimate of drug-likeness (QED) is 0.604. The van der Waals surface area contributed by atoms with E-state index in [0.717, 1.165) is 18.4 Å². The van der Waals surface area contributed by atoms with E-state index in [1.807, 2.05) is 37.3 Å². The van der Waals surface area contributed by atoms with Crippen molar-refractivity contribution in [1.29, 1.82) is 0 Å². The molecule has 0 aromatic heterocycles. The number of rotatable bonds is 5. The summed E-state index contributed by atoms with van der Waals surface area (Å²) in [6.45, 7) is 2.74. The lowest BCUT2D eigenvalue weighted by Crippen LogP contribution is -2.53. The van der Waals surface area contributed by atoms with Crippen LogP contribution in [0.3, 0.4) is 0 Å². The van der Waals surface area contributed by atoms with Gasteiger partial charge in [-0.05, 0) is 31.2 Å². The minimum absolute atomic E-state index is 0.107. The van der Waals surface area contributed by atoms with E-state index in [4.69, 9.17) is 0 Å². The first-order chi connectivity index (χ1) is 12.1. The van der Waals surface area contributed by atoms with Crippen LogP contribution in [-0.2, 0) is 25.8 Å². The molecule has 1 aromatic carbocycles. The van der Waals surface area contributed by atoms with Crippen molar-refractivity contribution in [2.24, 2.45) is 0 Å². The standard InChI is InChI=1S/C18H24N2O5/c1-2-8-16(21)19-13-6-7-14-20(19)18(23)25-24-17(22)12-11-15-9-4-3-5-10-15/h3-5,9-10H,2,6-8,11-14H2,1H3. The molecule has 0 saturated carbocycles. The predicted molar refractivity (Wildman–Crippen MR) is 89.9 cm³/mol. The van der Waals surface area contributed by atoms with Gasteiger partial charge in [0.05, 0.1) is 6.42 Å². The Bertz CT molecular complexity index is 590. The molecular formula is C18H24N2O5. The number of hydrogen-bond acceptors (Lipinski definition) is 5. The van der Waals surface area contributed by atoms with Crippen molar-refractivity contribution in [2.45, 2.75) is 45.4 Å². The molecule has 1 saturated heterocycles. The zero-order valence-corrected chi connectivity index (χ0v) is 14.5. The van der Waals surface area contributed by atoms with Gasteiger partial charge < -0.3 is 0 Å². The van der Waals surface area contributed by atoms with Crippen molar-refractivity contribution >= 4 is 18.0 Å². The van der Waals surface area contributed by atoms with Crippen molar-refractivity contribution in [3.05, 3.63) is 35.9 Å². The predicted octanol–water partition coefficient (Wildman–Crippen LogP) is 2.85. The largest absolute Gasteiger partial charge is 0.471 e. The van der Waals surface area contributed by atoms with E-state index in [1.165, 1.54) is 10.0 Å². The van der Waals surface area contributed by atoms with E-state index in [9.17, 15) is 14.4 Å². The number of amides is 2. The molecule has 1 aliphatic heterocycles. The Morgan fingerprint density at radius 1 is 0.960 bits per heavy atom. The maximum absolute atomic E-state index is 12.1. The molecule has 7 heteroatoms. The summed E-state index contributed by atoms with van der Waals surface area (Å²) in [5.41, 5.74) is 0.998. The minimum Gasteiger partial charge on any atom is -0.273 e. The number of hydrogen-bond donors (Lipinski definition) is 0. The second kappa shape index (κ2) is 9.66. The Balaban J connectivity index is 1.79. The normalized spacial score (nSPS) is 14.1. The molecule has 0 atom stereocenters. The summed E-state index contributed by atoms with van der Waals surface area (Å²) in [6, 6.07) is 9.49. The molecular weight excluding hydrogens is 324 g/mol. The Labute approximate surface area is 147 Å². The van der Waals surface area contributed by atoms with Crippen LogP contribution in [-0.4, -0.2) is 41.1 Å². The van der Waals surface area contributed by atoms with E-state index >= 15 is 0 Å². The van der Waals surface area contributed by atoms with Crippen LogP contribution in [0, 0.1) is 0 Å². The van der Waals surface area contributed by atoms with Gasteiger partial charge in [-0.1, -0.05) is 37.3 Å². The van der Waals surface area contributed by atoms with Crippen molar-refractivity contribution in [1.82, 2.24) is 10.0 Å². The molecule has 1 heterocycles. The number of carbonyl (C=O) groups excluding carboxylic acids is 3. The minimum atomic E-state index is -0.836. The summed E-state index contributed by atoms with van der Waals surface area (Å²) in [4.78, 5) is 45.2. The highest BCUT2D eigenvalue weighted by Gasteiger charge is 2.30. The Hall–Kier alpha value is -2.57. The van der Waals surface area contributed by atoms with E-state index in [1.54, 1.807) is 0 Å². The lowest BCUT2D eigenvalue weighted by Gasteiger charge is -2.36. The lowest BCUT2D eigenvalue weighted by atomic mass is 10.1. The molecule has 7 nitrogen and oxygen atoms in total. The molecule has 1 aliphatic rings. The zero-order chi connectivity index (χ0) is 18.1. The van der Waals surface area contributed by atoms with Crippen LogP contribution >= 0.6 is 0 Å². The second-order valence-electron chi connectivity index (χ2n) is 5.89. The summed E-state index contributed by atoms with van der Waals surface area (Å²) in [6.07, 6.45) is 2.44. The topological polar surface area (TPSA) is 76.2 Å². The van der Waals surface area contributed by atoms with Crippen molar-refractivity contribution in [2.75, 3.05) is 13.1 Å². The van der Waals surface area contributed by atoms with Crippen LogP contribution in [0.15, 0.2) is 30.3 Å². The van der Waals surface area contributed by atoms with E-state index < -0.39 is 12.1 Å². The Kier molecular flexibility index (Phi) is 7.25. The first-order valence-electron chi connectivity index (χ1n) is 8.65. The third-order valence-electron chi connectivity index (χ3n) is 3.91. The molecule has 136 valence electrons. The third kappa shape index (κ3) is 5.77. The number of benzene rings is 1. The first kappa shape index (κ1) is 18.8. The van der Waals surface area contributed by atoms with Gasteiger partial charge in [-0.15, -0.1) is 0 Å². The first-order valence-corrected chi connectivity index (χ1v) is 8.65. The molecule has 0 bridgehead atoms. The summed E-state index contributed by atoms with van der Waals surface area (Å²) < 4.78 is 0. The highest BCUT2D eigenvalue weighted by Crippen LogP contribution is 2.14. The van der Waals surface area contributed by atoms with Crippen LogP contribution < -0.4 is 0 Å². The number of aryl methyl sites for hydroxylation is 1. The van der Waals surface area contributed by atoms with Crippen molar-refractivity contribution in [3.8, 4) is 0 Å². The summed E-state index contributed by atoms with van der Waals surface area (Å²) in [5.74, 6) is -0.754. The average molecular weight is 348 g/mol. The smallest absolute Gasteiger partial charge is 0.273 e. The number of carbonyl (C=O) groups is 3. The summed E-state index contributed by atoms with van der Waals surface area (Å²) in [7, 11) is 0. The maximum atomic E-state index is 12.1. The molecule has 2 amide bonds. The van der Waals surface area contributed by atoms with Gasteiger partial charge in [0.1, 0.15) is 0 Å². The van der Waals surface area contributed by atoms with Crippen LogP contribution in [0.4, 0.5) is 4.79 Å². The third-order valence-corrected chi connectivity index (χ3v) is 3.91. The lowest BCUT2D eigenvalue weighted by molar-refractivity contribution is -0.244. The Morgan fingerprint density at radius 2 is 1.64 bits per heavy atom. The Morgan fingerprint density at radius 3 is 2.32 bits per heavy atom. The maximum Gasteiger partial charge on any atom is 0.471 e.